The lowest BCUT2D eigenvalue weighted by molar-refractivity contribution is -0.118. The molecule has 1 aliphatic carbocycles. The fourth-order valence-electron chi connectivity index (χ4n) is 1.66. The predicted octanol–water partition coefficient (Wildman–Crippen LogP) is 2.04. The molecule has 0 spiro atoms. The average molecular weight is 181 g/mol. The molecule has 0 amide bonds. The molecule has 0 aromatic carbocycles. The summed E-state index contributed by atoms with van der Waals surface area (Å²) in [6.07, 6.45) is 7.79. The largest absolute Gasteiger partial charge is 0.330 e. The van der Waals surface area contributed by atoms with Crippen molar-refractivity contribution in [1.82, 2.24) is 0 Å². The van der Waals surface area contributed by atoms with Crippen molar-refractivity contribution in [1.29, 1.82) is 0 Å². The molecule has 0 aromatic heterocycles. The molecule has 2 N–H and O–H groups in total. The third-order valence-electron chi connectivity index (χ3n) is 2.66. The highest BCUT2D eigenvalue weighted by Crippen LogP contribution is 2.20. The molecule has 13 heavy (non-hydrogen) atoms. The molecule has 0 aliphatic heterocycles. The molecule has 2 nitrogen and oxygen atoms in total. The number of allylic oxidation sites excluding steroid dienone is 2. The average Bonchev–Trinajstić information content (AvgIpc) is 2.43. The van der Waals surface area contributed by atoms with Gasteiger partial charge >= 0.3 is 0 Å². The summed E-state index contributed by atoms with van der Waals surface area (Å²) < 4.78 is 0. The molecule has 1 atom stereocenters. The Balaban J connectivity index is 2.58. The lowest BCUT2D eigenvalue weighted by Gasteiger charge is -2.09. The summed E-state index contributed by atoms with van der Waals surface area (Å²) in [4.78, 5) is 11.7. The summed E-state index contributed by atoms with van der Waals surface area (Å²) in [6, 6.07) is 0. The number of ketones is 1. The summed E-state index contributed by atoms with van der Waals surface area (Å²) in [5, 5.41) is 0. The van der Waals surface area contributed by atoms with Gasteiger partial charge in [-0.15, -0.1) is 0 Å². The van der Waals surface area contributed by atoms with Gasteiger partial charge < -0.3 is 5.73 Å². The van der Waals surface area contributed by atoms with E-state index in [1.165, 1.54) is 12.8 Å². The van der Waals surface area contributed by atoms with Gasteiger partial charge in [0.25, 0.3) is 0 Å². The van der Waals surface area contributed by atoms with Gasteiger partial charge in [0.2, 0.25) is 0 Å². The third-order valence-corrected chi connectivity index (χ3v) is 2.66. The van der Waals surface area contributed by atoms with Crippen molar-refractivity contribution in [3.8, 4) is 0 Å². The van der Waals surface area contributed by atoms with Gasteiger partial charge in [-0.25, -0.2) is 0 Å². The quantitative estimate of drug-likeness (QED) is 0.724. The summed E-state index contributed by atoms with van der Waals surface area (Å²) in [5.41, 5.74) is 6.49. The predicted molar refractivity (Wildman–Crippen MR) is 54.4 cm³/mol. The number of hydrogen-bond acceptors (Lipinski definition) is 2. The summed E-state index contributed by atoms with van der Waals surface area (Å²) in [5.74, 6) is 0.272. The van der Waals surface area contributed by atoms with Crippen molar-refractivity contribution >= 4 is 5.78 Å². The zero-order valence-corrected chi connectivity index (χ0v) is 8.38. The number of nitrogens with two attached hydrogens (primary N) is 1. The molecule has 0 radical (unpaired) electrons. The van der Waals surface area contributed by atoms with E-state index in [9.17, 15) is 4.79 Å². The highest BCUT2D eigenvalue weighted by Gasteiger charge is 2.16. The molecule has 1 unspecified atom stereocenters. The maximum atomic E-state index is 11.7. The maximum absolute atomic E-state index is 11.7. The Labute approximate surface area is 80.2 Å². The fraction of sp³-hybridized carbons (Fsp3) is 0.727. The maximum Gasteiger partial charge on any atom is 0.162 e. The standard InChI is InChI=1S/C11H19NO/c1-9(8-12)11(13)10-6-4-2-3-5-7-10/h6,9H,2-5,7-8,12H2,1H3. The van der Waals surface area contributed by atoms with Crippen LogP contribution < -0.4 is 5.73 Å². The highest BCUT2D eigenvalue weighted by molar-refractivity contribution is 5.97. The Morgan fingerprint density at radius 2 is 2.31 bits per heavy atom. The second-order valence-electron chi connectivity index (χ2n) is 3.83. The number of carbonyl (C=O) groups is 1. The van der Waals surface area contributed by atoms with Crippen LogP contribution in [0.2, 0.25) is 0 Å². The van der Waals surface area contributed by atoms with E-state index in [0.717, 1.165) is 24.8 Å². The number of Topliss-reactive ketones (excluding diaryl/α,β-unsaturated/α-hetero) is 1. The van der Waals surface area contributed by atoms with E-state index >= 15 is 0 Å². The van der Waals surface area contributed by atoms with Gasteiger partial charge in [0, 0.05) is 12.5 Å². The second-order valence-corrected chi connectivity index (χ2v) is 3.83. The minimum Gasteiger partial charge on any atom is -0.330 e. The van der Waals surface area contributed by atoms with Crippen LogP contribution in [-0.2, 0) is 4.79 Å². The minimum absolute atomic E-state index is 0.00403. The SMILES string of the molecule is CC(CN)C(=O)C1=CCCCCC1. The molecular formula is C11H19NO. The molecule has 2 heteroatoms. The molecular weight excluding hydrogens is 162 g/mol. The van der Waals surface area contributed by atoms with Crippen molar-refractivity contribution in [2.45, 2.75) is 39.0 Å². The van der Waals surface area contributed by atoms with Crippen LogP contribution in [0.15, 0.2) is 11.6 Å². The molecule has 1 rings (SSSR count). The number of rotatable bonds is 3. The van der Waals surface area contributed by atoms with E-state index in [1.807, 2.05) is 6.92 Å². The van der Waals surface area contributed by atoms with Gasteiger partial charge in [0.05, 0.1) is 0 Å². The Morgan fingerprint density at radius 3 is 3.00 bits per heavy atom. The van der Waals surface area contributed by atoms with Crippen LogP contribution >= 0.6 is 0 Å². The Bertz CT molecular complexity index is 208. The second kappa shape index (κ2) is 5.18. The minimum atomic E-state index is 0.00403. The molecule has 1 aliphatic rings. The van der Waals surface area contributed by atoms with Crippen molar-refractivity contribution in [2.24, 2.45) is 11.7 Å². The van der Waals surface area contributed by atoms with Crippen molar-refractivity contribution in [2.75, 3.05) is 6.54 Å². The van der Waals surface area contributed by atoms with Crippen LogP contribution in [0, 0.1) is 5.92 Å². The molecule has 0 aromatic rings. The lowest BCUT2D eigenvalue weighted by Crippen LogP contribution is -2.22. The Hall–Kier alpha value is -0.630. The molecule has 0 fully saturated rings. The van der Waals surface area contributed by atoms with Crippen molar-refractivity contribution in [3.63, 3.8) is 0 Å². The van der Waals surface area contributed by atoms with E-state index in [1.54, 1.807) is 0 Å². The topological polar surface area (TPSA) is 43.1 Å². The Kier molecular flexibility index (Phi) is 4.16. The van der Waals surface area contributed by atoms with Crippen LogP contribution in [0.4, 0.5) is 0 Å². The van der Waals surface area contributed by atoms with Crippen LogP contribution in [0.25, 0.3) is 0 Å². The smallest absolute Gasteiger partial charge is 0.162 e. The normalized spacial score (nSPS) is 20.3. The van der Waals surface area contributed by atoms with Crippen molar-refractivity contribution in [3.05, 3.63) is 11.6 Å². The van der Waals surface area contributed by atoms with Crippen LogP contribution in [0.3, 0.4) is 0 Å². The van der Waals surface area contributed by atoms with E-state index in [2.05, 4.69) is 6.08 Å². The van der Waals surface area contributed by atoms with Gasteiger partial charge in [-0.05, 0) is 31.3 Å². The molecule has 0 saturated carbocycles. The van der Waals surface area contributed by atoms with Crippen molar-refractivity contribution < 1.29 is 4.79 Å². The number of hydrogen-bond donors (Lipinski definition) is 1. The number of carbonyl (C=O) groups excluding carboxylic acids is 1. The lowest BCUT2D eigenvalue weighted by atomic mass is 9.96. The summed E-state index contributed by atoms with van der Waals surface area (Å²) in [6.45, 7) is 2.38. The van der Waals surface area contributed by atoms with Gasteiger partial charge in [-0.2, -0.15) is 0 Å². The van der Waals surface area contributed by atoms with E-state index in [4.69, 9.17) is 5.73 Å². The molecule has 0 saturated heterocycles. The first-order valence-corrected chi connectivity index (χ1v) is 5.19. The first-order chi connectivity index (χ1) is 6.25. The van der Waals surface area contributed by atoms with E-state index < -0.39 is 0 Å². The van der Waals surface area contributed by atoms with Crippen LogP contribution in [0.5, 0.6) is 0 Å². The van der Waals surface area contributed by atoms with Gasteiger partial charge in [0.15, 0.2) is 5.78 Å². The van der Waals surface area contributed by atoms with Crippen LogP contribution in [0.1, 0.15) is 39.0 Å². The molecule has 0 bridgehead atoms. The Morgan fingerprint density at radius 1 is 1.54 bits per heavy atom. The first kappa shape index (κ1) is 10.5. The molecule has 74 valence electrons. The highest BCUT2D eigenvalue weighted by atomic mass is 16.1. The first-order valence-electron chi connectivity index (χ1n) is 5.19. The zero-order valence-electron chi connectivity index (χ0n) is 8.38. The van der Waals surface area contributed by atoms with Gasteiger partial charge in [0.1, 0.15) is 0 Å². The summed E-state index contributed by atoms with van der Waals surface area (Å²) >= 11 is 0. The van der Waals surface area contributed by atoms with Crippen LogP contribution in [-0.4, -0.2) is 12.3 Å². The van der Waals surface area contributed by atoms with Gasteiger partial charge in [-0.1, -0.05) is 19.4 Å². The summed E-state index contributed by atoms with van der Waals surface area (Å²) in [7, 11) is 0. The molecule has 0 heterocycles. The van der Waals surface area contributed by atoms with E-state index in [-0.39, 0.29) is 11.7 Å². The van der Waals surface area contributed by atoms with E-state index in [0.29, 0.717) is 6.54 Å². The van der Waals surface area contributed by atoms with Gasteiger partial charge in [-0.3, -0.25) is 4.79 Å². The fourth-order valence-corrected chi connectivity index (χ4v) is 1.66. The monoisotopic (exact) mass is 181 g/mol. The zero-order chi connectivity index (χ0) is 9.68. The third kappa shape index (κ3) is 2.96.